The third-order valence-electron chi connectivity index (χ3n) is 4.52. The molecule has 128 valence electrons. The average molecular weight is 350 g/mol. The predicted octanol–water partition coefficient (Wildman–Crippen LogP) is 3.72. The lowest BCUT2D eigenvalue weighted by Crippen LogP contribution is -2.46. The van der Waals surface area contributed by atoms with Crippen LogP contribution in [0.3, 0.4) is 0 Å². The third kappa shape index (κ3) is 3.47. The average Bonchev–Trinajstić information content (AvgIpc) is 2.62. The molecule has 5 heteroatoms. The number of hydrogen-bond acceptors (Lipinski definition) is 3. The molecular formula is C19H21ClFNO2. The lowest BCUT2D eigenvalue weighted by atomic mass is 9.97. The second-order valence-corrected chi connectivity index (χ2v) is 6.48. The number of benzene rings is 2. The largest absolute Gasteiger partial charge is 0.394 e. The quantitative estimate of drug-likeness (QED) is 0.913. The number of ether oxygens (including phenoxy) is 1. The molecule has 1 saturated heterocycles. The molecular weight excluding hydrogens is 329 g/mol. The minimum Gasteiger partial charge on any atom is -0.394 e. The van der Waals surface area contributed by atoms with E-state index in [0.717, 1.165) is 5.56 Å². The van der Waals surface area contributed by atoms with Crippen LogP contribution in [0.2, 0.25) is 5.02 Å². The van der Waals surface area contributed by atoms with E-state index in [1.54, 1.807) is 19.1 Å². The van der Waals surface area contributed by atoms with Gasteiger partial charge < -0.3 is 9.84 Å². The first kappa shape index (κ1) is 17.4. The fourth-order valence-electron chi connectivity index (χ4n) is 3.26. The first-order chi connectivity index (χ1) is 11.6. The molecule has 1 N–H and O–H groups in total. The van der Waals surface area contributed by atoms with Crippen LogP contribution in [-0.2, 0) is 11.3 Å². The molecule has 2 aromatic carbocycles. The van der Waals surface area contributed by atoms with Crippen LogP contribution >= 0.6 is 11.6 Å². The Bertz CT molecular complexity index is 695. The highest BCUT2D eigenvalue weighted by molar-refractivity contribution is 6.31. The minimum absolute atomic E-state index is 0.0832. The molecule has 3 nitrogen and oxygen atoms in total. The molecule has 0 bridgehead atoms. The summed E-state index contributed by atoms with van der Waals surface area (Å²) in [5, 5.41) is 10.1. The summed E-state index contributed by atoms with van der Waals surface area (Å²) in [4.78, 5) is 2.13. The maximum absolute atomic E-state index is 14.5. The fourth-order valence-corrected chi connectivity index (χ4v) is 3.46. The van der Waals surface area contributed by atoms with Crippen molar-refractivity contribution in [2.24, 2.45) is 0 Å². The van der Waals surface area contributed by atoms with E-state index in [2.05, 4.69) is 4.90 Å². The third-order valence-corrected chi connectivity index (χ3v) is 4.87. The highest BCUT2D eigenvalue weighted by Crippen LogP contribution is 2.33. The van der Waals surface area contributed by atoms with Gasteiger partial charge in [0.05, 0.1) is 19.3 Å². The van der Waals surface area contributed by atoms with Crippen molar-refractivity contribution < 1.29 is 14.2 Å². The fraction of sp³-hybridized carbons (Fsp3) is 0.368. The topological polar surface area (TPSA) is 32.7 Å². The molecule has 0 radical (unpaired) electrons. The maximum atomic E-state index is 14.5. The van der Waals surface area contributed by atoms with Crippen LogP contribution < -0.4 is 0 Å². The Morgan fingerprint density at radius 1 is 1.25 bits per heavy atom. The standard InChI is InChI=1S/C19H21ClFNO2/c1-13-7-8-16(20)15(18(13)21)11-22-9-10-24-17(12-23)19(22)14-5-3-2-4-6-14/h2-8,17,19,23H,9-12H2,1H3/t17-,19-/m1/s1. The predicted molar refractivity (Wildman–Crippen MR) is 92.6 cm³/mol. The summed E-state index contributed by atoms with van der Waals surface area (Å²) < 4.78 is 20.3. The zero-order valence-corrected chi connectivity index (χ0v) is 14.3. The Kier molecular flexibility index (Phi) is 5.51. The van der Waals surface area contributed by atoms with Crippen molar-refractivity contribution >= 4 is 11.6 Å². The van der Waals surface area contributed by atoms with Crippen molar-refractivity contribution in [2.75, 3.05) is 19.8 Å². The van der Waals surface area contributed by atoms with Crippen molar-refractivity contribution in [3.05, 3.63) is 70.0 Å². The second-order valence-electron chi connectivity index (χ2n) is 6.07. The first-order valence-corrected chi connectivity index (χ1v) is 8.44. The smallest absolute Gasteiger partial charge is 0.132 e. The normalized spacial score (nSPS) is 21.8. The molecule has 1 fully saturated rings. The number of aliphatic hydroxyl groups is 1. The number of rotatable bonds is 4. The van der Waals surface area contributed by atoms with Gasteiger partial charge >= 0.3 is 0 Å². The van der Waals surface area contributed by atoms with Gasteiger partial charge in [-0.3, -0.25) is 4.90 Å². The number of nitrogens with zero attached hydrogens (tertiary/aromatic N) is 1. The lowest BCUT2D eigenvalue weighted by Gasteiger charge is -2.41. The maximum Gasteiger partial charge on any atom is 0.132 e. The van der Waals surface area contributed by atoms with E-state index in [0.29, 0.717) is 35.8 Å². The van der Waals surface area contributed by atoms with Crippen LogP contribution in [0.4, 0.5) is 4.39 Å². The second kappa shape index (κ2) is 7.62. The Balaban J connectivity index is 1.94. The SMILES string of the molecule is Cc1ccc(Cl)c(CN2CCO[C@H](CO)[C@H]2c2ccccc2)c1F. The van der Waals surface area contributed by atoms with E-state index in [-0.39, 0.29) is 24.6 Å². The van der Waals surface area contributed by atoms with Crippen molar-refractivity contribution in [3.63, 3.8) is 0 Å². The molecule has 3 rings (SSSR count). The van der Waals surface area contributed by atoms with E-state index in [4.69, 9.17) is 16.3 Å². The van der Waals surface area contributed by atoms with Crippen LogP contribution in [0.1, 0.15) is 22.7 Å². The van der Waals surface area contributed by atoms with Gasteiger partial charge in [0, 0.05) is 23.7 Å². The van der Waals surface area contributed by atoms with E-state index in [1.807, 2.05) is 30.3 Å². The van der Waals surface area contributed by atoms with Crippen molar-refractivity contribution in [1.29, 1.82) is 0 Å². The minimum atomic E-state index is -0.340. The van der Waals surface area contributed by atoms with E-state index < -0.39 is 0 Å². The van der Waals surface area contributed by atoms with Gasteiger partial charge in [-0.05, 0) is 24.1 Å². The van der Waals surface area contributed by atoms with E-state index in [9.17, 15) is 9.50 Å². The molecule has 0 aromatic heterocycles. The van der Waals surface area contributed by atoms with Gasteiger partial charge in [-0.15, -0.1) is 0 Å². The molecule has 1 heterocycles. The molecule has 1 aliphatic rings. The zero-order chi connectivity index (χ0) is 17.1. The molecule has 0 aliphatic carbocycles. The summed E-state index contributed by atoms with van der Waals surface area (Å²) >= 11 is 6.24. The zero-order valence-electron chi connectivity index (χ0n) is 13.6. The summed E-state index contributed by atoms with van der Waals surface area (Å²) in [6.07, 6.45) is -0.340. The summed E-state index contributed by atoms with van der Waals surface area (Å²) in [6.45, 7) is 3.19. The van der Waals surface area contributed by atoms with Crippen molar-refractivity contribution in [1.82, 2.24) is 4.90 Å². The molecule has 0 amide bonds. The number of hydrogen-bond donors (Lipinski definition) is 1. The Labute approximate surface area is 146 Å². The molecule has 0 saturated carbocycles. The van der Waals surface area contributed by atoms with Crippen LogP contribution in [0.15, 0.2) is 42.5 Å². The van der Waals surface area contributed by atoms with Gasteiger partial charge in [0.15, 0.2) is 0 Å². The van der Waals surface area contributed by atoms with E-state index >= 15 is 0 Å². The van der Waals surface area contributed by atoms with Gasteiger partial charge in [0.25, 0.3) is 0 Å². The van der Waals surface area contributed by atoms with Crippen molar-refractivity contribution in [2.45, 2.75) is 25.6 Å². The molecule has 0 spiro atoms. The molecule has 2 aromatic rings. The van der Waals surface area contributed by atoms with Gasteiger partial charge in [-0.1, -0.05) is 48.0 Å². The number of aryl methyl sites for hydroxylation is 1. The van der Waals surface area contributed by atoms with Crippen LogP contribution in [0.25, 0.3) is 0 Å². The first-order valence-electron chi connectivity index (χ1n) is 8.06. The highest BCUT2D eigenvalue weighted by atomic mass is 35.5. The number of halogens is 2. The Morgan fingerprint density at radius 3 is 2.71 bits per heavy atom. The van der Waals surface area contributed by atoms with Crippen LogP contribution in [0, 0.1) is 12.7 Å². The molecule has 24 heavy (non-hydrogen) atoms. The summed E-state index contributed by atoms with van der Waals surface area (Å²) in [5.74, 6) is -0.263. The van der Waals surface area contributed by atoms with Gasteiger partial charge in [0.2, 0.25) is 0 Å². The number of aliphatic hydroxyl groups excluding tert-OH is 1. The summed E-state index contributed by atoms with van der Waals surface area (Å²) in [6, 6.07) is 13.1. The Hall–Kier alpha value is -1.46. The molecule has 1 aliphatic heterocycles. The van der Waals surface area contributed by atoms with Crippen LogP contribution in [0.5, 0.6) is 0 Å². The Morgan fingerprint density at radius 2 is 2.00 bits per heavy atom. The van der Waals surface area contributed by atoms with Crippen LogP contribution in [-0.4, -0.2) is 35.9 Å². The van der Waals surface area contributed by atoms with Crippen molar-refractivity contribution in [3.8, 4) is 0 Å². The molecule has 2 atom stereocenters. The van der Waals surface area contributed by atoms with E-state index in [1.165, 1.54) is 0 Å². The molecule has 0 unspecified atom stereocenters. The van der Waals surface area contributed by atoms with Gasteiger partial charge in [-0.25, -0.2) is 4.39 Å². The van der Waals surface area contributed by atoms with Gasteiger partial charge in [0.1, 0.15) is 11.9 Å². The number of morpholine rings is 1. The van der Waals surface area contributed by atoms with Gasteiger partial charge in [-0.2, -0.15) is 0 Å². The summed E-state index contributed by atoms with van der Waals surface area (Å²) in [7, 11) is 0. The summed E-state index contributed by atoms with van der Waals surface area (Å²) in [5.41, 5.74) is 2.12. The highest BCUT2D eigenvalue weighted by Gasteiger charge is 2.33. The monoisotopic (exact) mass is 349 g/mol. The lowest BCUT2D eigenvalue weighted by molar-refractivity contribution is -0.0962.